The average Bonchev–Trinajstić information content (AvgIpc) is 3.30. The summed E-state index contributed by atoms with van der Waals surface area (Å²) in [6, 6.07) is 14.1. The first-order valence-corrected chi connectivity index (χ1v) is 11.4. The summed E-state index contributed by atoms with van der Waals surface area (Å²) >= 11 is 7.46. The highest BCUT2D eigenvalue weighted by molar-refractivity contribution is 7.17. The van der Waals surface area contributed by atoms with Gasteiger partial charge in [-0.2, -0.15) is 13.2 Å². The zero-order valence-corrected chi connectivity index (χ0v) is 19.0. The molecule has 1 aliphatic rings. The molecule has 3 aromatic rings. The van der Waals surface area contributed by atoms with Crippen LogP contribution in [0.2, 0.25) is 5.02 Å². The maximum absolute atomic E-state index is 13.1. The van der Waals surface area contributed by atoms with Crippen LogP contribution < -0.4 is 4.90 Å². The quantitative estimate of drug-likeness (QED) is 0.405. The molecule has 1 N–H and O–H groups in total. The molecule has 33 heavy (non-hydrogen) atoms. The van der Waals surface area contributed by atoms with Gasteiger partial charge in [0, 0.05) is 41.0 Å². The number of nitrogens with one attached hydrogen (secondary N) is 1. The molecule has 10 heteroatoms. The third-order valence-corrected chi connectivity index (χ3v) is 6.56. The fourth-order valence-corrected chi connectivity index (χ4v) is 4.46. The van der Waals surface area contributed by atoms with Crippen LogP contribution in [-0.2, 0) is 4.74 Å². The van der Waals surface area contributed by atoms with Gasteiger partial charge in [0.2, 0.25) is 0 Å². The Morgan fingerprint density at radius 3 is 2.55 bits per heavy atom. The third kappa shape index (κ3) is 5.79. The average molecular weight is 493 g/mol. The number of rotatable bonds is 6. The van der Waals surface area contributed by atoms with Crippen LogP contribution in [-0.4, -0.2) is 48.9 Å². The van der Waals surface area contributed by atoms with Crippen LogP contribution in [0.25, 0.3) is 10.4 Å². The maximum atomic E-state index is 13.1. The van der Waals surface area contributed by atoms with Crippen molar-refractivity contribution in [1.29, 1.82) is 5.41 Å². The number of aliphatic imine (C=N–C) groups is 1. The molecule has 0 bridgehead atoms. The van der Waals surface area contributed by atoms with E-state index in [1.807, 2.05) is 18.2 Å². The number of alkyl halides is 3. The number of anilines is 1. The molecule has 0 aliphatic carbocycles. The number of aromatic nitrogens is 1. The first-order valence-electron chi connectivity index (χ1n) is 10.2. The van der Waals surface area contributed by atoms with Gasteiger partial charge < -0.3 is 15.0 Å². The van der Waals surface area contributed by atoms with Crippen molar-refractivity contribution in [1.82, 2.24) is 4.98 Å². The molecule has 0 spiro atoms. The third-order valence-electron chi connectivity index (χ3n) is 5.05. The van der Waals surface area contributed by atoms with Crippen LogP contribution >= 0.6 is 22.9 Å². The van der Waals surface area contributed by atoms with Crippen molar-refractivity contribution in [2.45, 2.75) is 12.6 Å². The fourth-order valence-electron chi connectivity index (χ4n) is 3.30. The second kappa shape index (κ2) is 10.0. The number of halogens is 4. The Bertz CT molecular complexity index is 1160. The van der Waals surface area contributed by atoms with Gasteiger partial charge in [-0.05, 0) is 36.4 Å². The van der Waals surface area contributed by atoms with Crippen LogP contribution in [0.15, 0.2) is 59.7 Å². The predicted molar refractivity (Wildman–Crippen MR) is 127 cm³/mol. The first-order chi connectivity index (χ1) is 15.8. The van der Waals surface area contributed by atoms with Crippen molar-refractivity contribution in [2.75, 3.05) is 31.2 Å². The molecule has 3 heterocycles. The summed E-state index contributed by atoms with van der Waals surface area (Å²) in [5.74, 6) is 0.860. The molecule has 4 rings (SSSR count). The fraction of sp³-hybridized carbons (Fsp3) is 0.261. The minimum Gasteiger partial charge on any atom is -0.378 e. The predicted octanol–water partition coefficient (Wildman–Crippen LogP) is 6.39. The van der Waals surface area contributed by atoms with Gasteiger partial charge in [0.05, 0.1) is 29.6 Å². The lowest BCUT2D eigenvalue weighted by molar-refractivity contribution is -0.0605. The summed E-state index contributed by atoms with van der Waals surface area (Å²) in [6.07, 6.45) is -3.62. The van der Waals surface area contributed by atoms with Gasteiger partial charge in [0.1, 0.15) is 11.5 Å². The van der Waals surface area contributed by atoms with Crippen LogP contribution in [0.5, 0.6) is 0 Å². The molecular weight excluding hydrogens is 473 g/mol. The molecule has 2 aromatic heterocycles. The highest BCUT2D eigenvalue weighted by atomic mass is 35.5. The van der Waals surface area contributed by atoms with Crippen LogP contribution in [0.3, 0.4) is 0 Å². The van der Waals surface area contributed by atoms with Gasteiger partial charge >= 0.3 is 6.18 Å². The second-order valence-electron chi connectivity index (χ2n) is 7.33. The number of hydrogen-bond acceptors (Lipinski definition) is 6. The summed E-state index contributed by atoms with van der Waals surface area (Å²) in [7, 11) is 0. The van der Waals surface area contributed by atoms with E-state index in [1.54, 1.807) is 36.5 Å². The van der Waals surface area contributed by atoms with E-state index in [0.29, 0.717) is 28.8 Å². The molecular formula is C23H20ClF3N4OS. The Balaban J connectivity index is 1.62. The zero-order chi connectivity index (χ0) is 23.4. The number of thiophene rings is 1. The summed E-state index contributed by atoms with van der Waals surface area (Å²) < 4.78 is 44.6. The zero-order valence-electron chi connectivity index (χ0n) is 17.4. The number of benzene rings is 1. The summed E-state index contributed by atoms with van der Waals surface area (Å²) in [4.78, 5) is 12.4. The summed E-state index contributed by atoms with van der Waals surface area (Å²) in [6.45, 7) is 2.89. The smallest absolute Gasteiger partial charge is 0.378 e. The number of hydrogen-bond donors (Lipinski definition) is 1. The number of ether oxygens (including phenoxy) is 1. The molecule has 0 radical (unpaired) electrons. The minimum atomic E-state index is -4.72. The van der Waals surface area contributed by atoms with Crippen molar-refractivity contribution in [3.05, 3.63) is 64.6 Å². The van der Waals surface area contributed by atoms with Crippen molar-refractivity contribution in [2.24, 2.45) is 4.99 Å². The topological polar surface area (TPSA) is 61.6 Å². The molecule has 5 nitrogen and oxygen atoms in total. The normalized spacial score (nSPS) is 15.0. The lowest BCUT2D eigenvalue weighted by Crippen LogP contribution is -2.36. The van der Waals surface area contributed by atoms with E-state index in [-0.39, 0.29) is 5.71 Å². The standard InChI is InChI=1S/C23H20ClF3N4OS/c24-16-3-1-2-4-17(16)30-18(13-21(28)23(25,26)27)20-7-6-19(33-20)15-5-8-22(29-14-15)31-9-11-32-12-10-31/h1-8,14,28H,9-13H2. The van der Waals surface area contributed by atoms with E-state index in [9.17, 15) is 13.2 Å². The van der Waals surface area contributed by atoms with E-state index < -0.39 is 18.3 Å². The number of morpholine rings is 1. The van der Waals surface area contributed by atoms with E-state index in [0.717, 1.165) is 29.3 Å². The molecule has 1 fully saturated rings. The highest BCUT2D eigenvalue weighted by Crippen LogP contribution is 2.33. The molecule has 172 valence electrons. The Kier molecular flexibility index (Phi) is 7.11. The van der Waals surface area contributed by atoms with E-state index >= 15 is 0 Å². The molecule has 1 aromatic carbocycles. The van der Waals surface area contributed by atoms with Crippen molar-refractivity contribution in [3.63, 3.8) is 0 Å². The van der Waals surface area contributed by atoms with Gasteiger partial charge in [-0.1, -0.05) is 23.7 Å². The van der Waals surface area contributed by atoms with Crippen LogP contribution in [0, 0.1) is 5.41 Å². The largest absolute Gasteiger partial charge is 0.429 e. The van der Waals surface area contributed by atoms with Gasteiger partial charge in [0.15, 0.2) is 0 Å². The van der Waals surface area contributed by atoms with Gasteiger partial charge in [0.25, 0.3) is 0 Å². The van der Waals surface area contributed by atoms with Gasteiger partial charge in [-0.3, -0.25) is 4.99 Å². The molecule has 0 saturated carbocycles. The molecule has 1 aliphatic heterocycles. The maximum Gasteiger partial charge on any atom is 0.429 e. The van der Waals surface area contributed by atoms with Crippen LogP contribution in [0.4, 0.5) is 24.7 Å². The number of para-hydroxylation sites is 1. The van der Waals surface area contributed by atoms with E-state index in [2.05, 4.69) is 14.9 Å². The minimum absolute atomic E-state index is 0.138. The summed E-state index contributed by atoms with van der Waals surface area (Å²) in [5.41, 5.74) is -0.0128. The van der Waals surface area contributed by atoms with Crippen molar-refractivity contribution in [3.8, 4) is 10.4 Å². The molecule has 0 unspecified atom stereocenters. The Morgan fingerprint density at radius 2 is 1.88 bits per heavy atom. The summed E-state index contributed by atoms with van der Waals surface area (Å²) in [5, 5.41) is 7.80. The number of pyridine rings is 1. The monoisotopic (exact) mass is 492 g/mol. The Morgan fingerprint density at radius 1 is 1.12 bits per heavy atom. The lowest BCUT2D eigenvalue weighted by Gasteiger charge is -2.27. The van der Waals surface area contributed by atoms with Crippen molar-refractivity contribution >= 4 is 45.9 Å². The molecule has 0 atom stereocenters. The second-order valence-corrected chi connectivity index (χ2v) is 8.82. The Labute approximate surface area is 198 Å². The van der Waals surface area contributed by atoms with Gasteiger partial charge in [-0.25, -0.2) is 4.98 Å². The van der Waals surface area contributed by atoms with Crippen molar-refractivity contribution < 1.29 is 17.9 Å². The lowest BCUT2D eigenvalue weighted by atomic mass is 10.1. The highest BCUT2D eigenvalue weighted by Gasteiger charge is 2.35. The van der Waals surface area contributed by atoms with E-state index in [4.69, 9.17) is 21.7 Å². The molecule has 1 saturated heterocycles. The molecule has 0 amide bonds. The van der Waals surface area contributed by atoms with E-state index in [1.165, 1.54) is 11.3 Å². The SMILES string of the molecule is N=C(CC(=Nc1ccccc1Cl)c1ccc(-c2ccc(N3CCOCC3)nc2)s1)C(F)(F)F. The first kappa shape index (κ1) is 23.4. The Hall–Kier alpha value is -2.75. The van der Waals surface area contributed by atoms with Gasteiger partial charge in [-0.15, -0.1) is 11.3 Å². The number of nitrogens with zero attached hydrogens (tertiary/aromatic N) is 3. The van der Waals surface area contributed by atoms with Crippen LogP contribution in [0.1, 0.15) is 11.3 Å².